The Labute approximate surface area is 91.8 Å². The molecule has 0 bridgehead atoms. The van der Waals surface area contributed by atoms with E-state index in [2.05, 4.69) is 0 Å². The molecule has 2 aromatic rings. The lowest BCUT2D eigenvalue weighted by Gasteiger charge is -2.04. The molecule has 3 heteroatoms. The molecule has 0 aliphatic heterocycles. The minimum Gasteiger partial charge on any atom is -0.508 e. The fourth-order valence-corrected chi connectivity index (χ4v) is 1.67. The van der Waals surface area contributed by atoms with E-state index in [9.17, 15) is 9.50 Å². The Kier molecular flexibility index (Phi) is 2.60. The van der Waals surface area contributed by atoms with Crippen molar-refractivity contribution < 1.29 is 9.50 Å². The summed E-state index contributed by atoms with van der Waals surface area (Å²) in [5.41, 5.74) is 1.47. The highest BCUT2D eigenvalue weighted by Crippen LogP contribution is 2.30. The molecule has 0 unspecified atom stereocenters. The highest BCUT2D eigenvalue weighted by atomic mass is 35.5. The van der Waals surface area contributed by atoms with E-state index in [1.807, 2.05) is 0 Å². The van der Waals surface area contributed by atoms with E-state index < -0.39 is 0 Å². The molecule has 0 saturated heterocycles. The molecule has 0 spiro atoms. The summed E-state index contributed by atoms with van der Waals surface area (Å²) >= 11 is 5.89. The first-order chi connectivity index (χ1) is 7.16. The highest BCUT2D eigenvalue weighted by molar-refractivity contribution is 6.33. The second-order valence-corrected chi connectivity index (χ2v) is 3.58. The number of hydrogen-bond donors (Lipinski definition) is 1. The van der Waals surface area contributed by atoms with Gasteiger partial charge in [0.05, 0.1) is 5.02 Å². The molecule has 0 saturated carbocycles. The van der Waals surface area contributed by atoms with Crippen LogP contribution in [0.2, 0.25) is 5.02 Å². The minimum absolute atomic E-state index is 0.160. The van der Waals surface area contributed by atoms with Gasteiger partial charge in [0.25, 0.3) is 0 Å². The first kappa shape index (κ1) is 9.99. The largest absolute Gasteiger partial charge is 0.508 e. The lowest BCUT2D eigenvalue weighted by Crippen LogP contribution is -1.81. The summed E-state index contributed by atoms with van der Waals surface area (Å²) in [6.45, 7) is 0. The molecule has 0 aliphatic carbocycles. The van der Waals surface area contributed by atoms with Crippen LogP contribution in [-0.4, -0.2) is 5.11 Å². The smallest absolute Gasteiger partial charge is 0.124 e. The minimum atomic E-state index is -0.371. The molecule has 0 atom stereocenters. The maximum Gasteiger partial charge on any atom is 0.124 e. The zero-order valence-electron chi connectivity index (χ0n) is 7.74. The van der Waals surface area contributed by atoms with Crippen LogP contribution < -0.4 is 0 Å². The van der Waals surface area contributed by atoms with Crippen molar-refractivity contribution >= 4 is 11.6 Å². The number of hydrogen-bond acceptors (Lipinski definition) is 1. The third-order valence-electron chi connectivity index (χ3n) is 2.09. The van der Waals surface area contributed by atoms with E-state index >= 15 is 0 Å². The Morgan fingerprint density at radius 1 is 1.07 bits per heavy atom. The van der Waals surface area contributed by atoms with Gasteiger partial charge in [-0.25, -0.2) is 4.39 Å². The fraction of sp³-hybridized carbons (Fsp3) is 0. The van der Waals surface area contributed by atoms with Crippen molar-refractivity contribution in [1.82, 2.24) is 0 Å². The average Bonchev–Trinajstić information content (AvgIpc) is 2.17. The third-order valence-corrected chi connectivity index (χ3v) is 2.40. The quantitative estimate of drug-likeness (QED) is 0.777. The first-order valence-electron chi connectivity index (χ1n) is 4.41. The molecule has 0 aromatic heterocycles. The van der Waals surface area contributed by atoms with Crippen molar-refractivity contribution in [3.05, 3.63) is 53.3 Å². The molecule has 0 heterocycles. The van der Waals surface area contributed by atoms with Crippen LogP contribution in [0.5, 0.6) is 5.75 Å². The first-order valence-corrected chi connectivity index (χ1v) is 4.79. The highest BCUT2D eigenvalue weighted by Gasteiger charge is 2.04. The molecule has 2 rings (SSSR count). The lowest BCUT2D eigenvalue weighted by atomic mass is 10.1. The van der Waals surface area contributed by atoms with Gasteiger partial charge < -0.3 is 5.11 Å². The van der Waals surface area contributed by atoms with Crippen molar-refractivity contribution in [3.63, 3.8) is 0 Å². The van der Waals surface area contributed by atoms with Crippen molar-refractivity contribution in [2.45, 2.75) is 0 Å². The molecule has 2 aromatic carbocycles. The van der Waals surface area contributed by atoms with Crippen LogP contribution in [0.1, 0.15) is 0 Å². The number of benzene rings is 2. The van der Waals surface area contributed by atoms with Crippen molar-refractivity contribution in [2.75, 3.05) is 0 Å². The molecule has 76 valence electrons. The van der Waals surface area contributed by atoms with Crippen molar-refractivity contribution in [1.29, 1.82) is 0 Å². The van der Waals surface area contributed by atoms with Gasteiger partial charge in [0.1, 0.15) is 11.6 Å². The van der Waals surface area contributed by atoms with Gasteiger partial charge in [-0.1, -0.05) is 23.7 Å². The van der Waals surface area contributed by atoms with E-state index in [1.165, 1.54) is 12.1 Å². The summed E-state index contributed by atoms with van der Waals surface area (Å²) in [4.78, 5) is 0. The van der Waals surface area contributed by atoms with E-state index in [0.717, 1.165) is 5.56 Å². The maximum absolute atomic E-state index is 12.8. The van der Waals surface area contributed by atoms with Crippen molar-refractivity contribution in [3.8, 4) is 16.9 Å². The van der Waals surface area contributed by atoms with Crippen molar-refractivity contribution in [2.24, 2.45) is 0 Å². The SMILES string of the molecule is Oc1cccc(-c2ccc(F)cc2Cl)c1. The molecular formula is C12H8ClFO. The second-order valence-electron chi connectivity index (χ2n) is 3.17. The summed E-state index contributed by atoms with van der Waals surface area (Å²) in [6, 6.07) is 10.8. The van der Waals surface area contributed by atoms with E-state index in [1.54, 1.807) is 30.3 Å². The summed E-state index contributed by atoms with van der Waals surface area (Å²) in [6.07, 6.45) is 0. The molecule has 0 amide bonds. The molecule has 1 N–H and O–H groups in total. The van der Waals surface area contributed by atoms with Gasteiger partial charge in [-0.15, -0.1) is 0 Å². The summed E-state index contributed by atoms with van der Waals surface area (Å²) in [5.74, 6) is -0.211. The average molecular weight is 223 g/mol. The number of phenolic OH excluding ortho intramolecular Hbond substituents is 1. The predicted molar refractivity (Wildman–Crippen MR) is 58.5 cm³/mol. The zero-order valence-corrected chi connectivity index (χ0v) is 8.50. The Balaban J connectivity index is 2.54. The molecular weight excluding hydrogens is 215 g/mol. The molecule has 0 aliphatic rings. The Morgan fingerprint density at radius 2 is 1.87 bits per heavy atom. The van der Waals surface area contributed by atoms with E-state index in [-0.39, 0.29) is 11.6 Å². The van der Waals surface area contributed by atoms with Gasteiger partial charge in [0.15, 0.2) is 0 Å². The monoisotopic (exact) mass is 222 g/mol. The van der Waals surface area contributed by atoms with Gasteiger partial charge in [-0.3, -0.25) is 0 Å². The number of rotatable bonds is 1. The number of phenols is 1. The molecule has 0 fully saturated rings. The van der Waals surface area contributed by atoms with Gasteiger partial charge in [-0.05, 0) is 35.9 Å². The number of aromatic hydroxyl groups is 1. The van der Waals surface area contributed by atoms with E-state index in [0.29, 0.717) is 10.6 Å². The van der Waals surface area contributed by atoms with Crippen LogP contribution in [0.4, 0.5) is 4.39 Å². The van der Waals surface area contributed by atoms with Crippen LogP contribution in [0.15, 0.2) is 42.5 Å². The standard InChI is InChI=1S/C12H8ClFO/c13-12-7-9(14)4-5-11(12)8-2-1-3-10(15)6-8/h1-7,15H. The van der Waals surface area contributed by atoms with Crippen LogP contribution in [0, 0.1) is 5.82 Å². The molecule has 15 heavy (non-hydrogen) atoms. The fourth-order valence-electron chi connectivity index (χ4n) is 1.40. The van der Waals surface area contributed by atoms with Gasteiger partial charge in [-0.2, -0.15) is 0 Å². The normalized spacial score (nSPS) is 10.3. The predicted octanol–water partition coefficient (Wildman–Crippen LogP) is 3.85. The number of halogens is 2. The van der Waals surface area contributed by atoms with Crippen LogP contribution in [0.25, 0.3) is 11.1 Å². The maximum atomic E-state index is 12.8. The van der Waals surface area contributed by atoms with Crippen LogP contribution >= 0.6 is 11.6 Å². The summed E-state index contributed by atoms with van der Waals surface area (Å²) in [5, 5.41) is 9.64. The molecule has 1 nitrogen and oxygen atoms in total. The van der Waals surface area contributed by atoms with Crippen LogP contribution in [0.3, 0.4) is 0 Å². The van der Waals surface area contributed by atoms with Gasteiger partial charge in [0.2, 0.25) is 0 Å². The topological polar surface area (TPSA) is 20.2 Å². The lowest BCUT2D eigenvalue weighted by molar-refractivity contribution is 0.475. The molecule has 0 radical (unpaired) electrons. The van der Waals surface area contributed by atoms with E-state index in [4.69, 9.17) is 11.6 Å². The second kappa shape index (κ2) is 3.91. The zero-order chi connectivity index (χ0) is 10.8. The Bertz CT molecular complexity index is 497. The summed E-state index contributed by atoms with van der Waals surface area (Å²) in [7, 11) is 0. The van der Waals surface area contributed by atoms with Gasteiger partial charge >= 0.3 is 0 Å². The summed E-state index contributed by atoms with van der Waals surface area (Å²) < 4.78 is 12.8. The third kappa shape index (κ3) is 2.10. The van der Waals surface area contributed by atoms with Crippen LogP contribution in [-0.2, 0) is 0 Å². The Hall–Kier alpha value is -1.54. The Morgan fingerprint density at radius 3 is 2.53 bits per heavy atom. The van der Waals surface area contributed by atoms with Gasteiger partial charge in [0, 0.05) is 5.56 Å².